The molecular formula is C9H21NO. The zero-order valence-electron chi connectivity index (χ0n) is 8.24. The smallest absolute Gasteiger partial charge is 0.0746 e. The third kappa shape index (κ3) is 6.32. The summed E-state index contributed by atoms with van der Waals surface area (Å²) in [6, 6.07) is 0. The summed E-state index contributed by atoms with van der Waals surface area (Å²) in [5.74, 6) is 0. The van der Waals surface area contributed by atoms with E-state index in [0.717, 1.165) is 13.1 Å². The van der Waals surface area contributed by atoms with Crippen molar-refractivity contribution >= 4 is 0 Å². The molecule has 0 unspecified atom stereocenters. The molecule has 0 aliphatic carbocycles. The van der Waals surface area contributed by atoms with Crippen molar-refractivity contribution in [3.05, 3.63) is 0 Å². The molecule has 0 aromatic rings. The van der Waals surface area contributed by atoms with Gasteiger partial charge in [0.1, 0.15) is 0 Å². The summed E-state index contributed by atoms with van der Waals surface area (Å²) in [6.07, 6.45) is 2.50. The highest BCUT2D eigenvalue weighted by molar-refractivity contribution is 4.70. The Bertz CT molecular complexity index is 91.6. The highest BCUT2D eigenvalue weighted by atomic mass is 16.5. The van der Waals surface area contributed by atoms with Crippen LogP contribution in [0.4, 0.5) is 0 Å². The van der Waals surface area contributed by atoms with Gasteiger partial charge in [0.2, 0.25) is 0 Å². The summed E-state index contributed by atoms with van der Waals surface area (Å²) in [6.45, 7) is 8.41. The van der Waals surface area contributed by atoms with Crippen LogP contribution >= 0.6 is 0 Å². The number of hydrogen-bond donors (Lipinski definition) is 1. The molecule has 11 heavy (non-hydrogen) atoms. The van der Waals surface area contributed by atoms with E-state index in [4.69, 9.17) is 4.74 Å². The molecule has 0 aliphatic rings. The summed E-state index contributed by atoms with van der Waals surface area (Å²) in [7, 11) is 1.75. The van der Waals surface area contributed by atoms with Gasteiger partial charge in [-0.3, -0.25) is 0 Å². The Kier molecular flexibility index (Phi) is 5.51. The first-order valence-electron chi connectivity index (χ1n) is 4.38. The number of methoxy groups -OCH3 is 1. The summed E-state index contributed by atoms with van der Waals surface area (Å²) in [5, 5.41) is 3.35. The van der Waals surface area contributed by atoms with Gasteiger partial charge in [-0.25, -0.2) is 0 Å². The molecule has 0 heterocycles. The van der Waals surface area contributed by atoms with E-state index in [1.165, 1.54) is 12.8 Å². The Balaban J connectivity index is 3.23. The predicted octanol–water partition coefficient (Wildman–Crippen LogP) is 1.80. The number of nitrogens with one attached hydrogen (secondary N) is 1. The van der Waals surface area contributed by atoms with Crippen molar-refractivity contribution in [3.8, 4) is 0 Å². The Morgan fingerprint density at radius 3 is 2.45 bits per heavy atom. The fourth-order valence-electron chi connectivity index (χ4n) is 0.763. The topological polar surface area (TPSA) is 21.3 Å². The zero-order valence-corrected chi connectivity index (χ0v) is 8.24. The van der Waals surface area contributed by atoms with Crippen LogP contribution in [0, 0.1) is 0 Å². The molecule has 0 saturated heterocycles. The zero-order chi connectivity index (χ0) is 8.74. The molecule has 0 aromatic heterocycles. The lowest BCUT2D eigenvalue weighted by molar-refractivity contribution is 0.0234. The standard InChI is InChI=1S/C9H21NO/c1-5-6-7-10-8-9(2,3)11-4/h10H,5-8H2,1-4H3. The molecule has 68 valence electrons. The maximum atomic E-state index is 5.26. The van der Waals surface area contributed by atoms with Crippen molar-refractivity contribution in [3.63, 3.8) is 0 Å². The van der Waals surface area contributed by atoms with Crippen LogP contribution in [0.5, 0.6) is 0 Å². The van der Waals surface area contributed by atoms with Crippen molar-refractivity contribution in [2.24, 2.45) is 0 Å². The second-order valence-corrected chi connectivity index (χ2v) is 3.49. The highest BCUT2D eigenvalue weighted by Gasteiger charge is 2.14. The van der Waals surface area contributed by atoms with Crippen LogP contribution in [0.1, 0.15) is 33.6 Å². The fourth-order valence-corrected chi connectivity index (χ4v) is 0.763. The Morgan fingerprint density at radius 1 is 1.36 bits per heavy atom. The van der Waals surface area contributed by atoms with Gasteiger partial charge in [0.15, 0.2) is 0 Å². The van der Waals surface area contributed by atoms with Crippen molar-refractivity contribution in [1.29, 1.82) is 0 Å². The second-order valence-electron chi connectivity index (χ2n) is 3.49. The van der Waals surface area contributed by atoms with Crippen LogP contribution < -0.4 is 5.32 Å². The lowest BCUT2D eigenvalue weighted by Crippen LogP contribution is -2.37. The minimum Gasteiger partial charge on any atom is -0.377 e. The van der Waals surface area contributed by atoms with E-state index in [1.54, 1.807) is 7.11 Å². The maximum Gasteiger partial charge on any atom is 0.0746 e. The number of hydrogen-bond acceptors (Lipinski definition) is 2. The second kappa shape index (κ2) is 5.56. The van der Waals surface area contributed by atoms with Gasteiger partial charge in [0, 0.05) is 13.7 Å². The minimum atomic E-state index is -0.0201. The number of unbranched alkanes of at least 4 members (excludes halogenated alkanes) is 1. The van der Waals surface area contributed by atoms with Gasteiger partial charge < -0.3 is 10.1 Å². The molecule has 0 spiro atoms. The lowest BCUT2D eigenvalue weighted by atomic mass is 10.1. The monoisotopic (exact) mass is 159 g/mol. The molecule has 0 aromatic carbocycles. The molecule has 0 fully saturated rings. The van der Waals surface area contributed by atoms with Crippen molar-refractivity contribution < 1.29 is 4.74 Å². The fraction of sp³-hybridized carbons (Fsp3) is 1.00. The van der Waals surface area contributed by atoms with Crippen molar-refractivity contribution in [2.45, 2.75) is 39.2 Å². The lowest BCUT2D eigenvalue weighted by Gasteiger charge is -2.23. The molecule has 0 bridgehead atoms. The first-order valence-corrected chi connectivity index (χ1v) is 4.38. The number of ether oxygens (including phenoxy) is 1. The van der Waals surface area contributed by atoms with Gasteiger partial charge >= 0.3 is 0 Å². The largest absolute Gasteiger partial charge is 0.377 e. The van der Waals surface area contributed by atoms with Crippen LogP contribution in [-0.2, 0) is 4.74 Å². The third-order valence-electron chi connectivity index (χ3n) is 1.81. The third-order valence-corrected chi connectivity index (χ3v) is 1.81. The summed E-state index contributed by atoms with van der Waals surface area (Å²) in [4.78, 5) is 0. The minimum absolute atomic E-state index is 0.0201. The predicted molar refractivity (Wildman–Crippen MR) is 48.9 cm³/mol. The van der Waals surface area contributed by atoms with E-state index in [9.17, 15) is 0 Å². The van der Waals surface area contributed by atoms with E-state index in [-0.39, 0.29) is 5.60 Å². The average Bonchev–Trinajstić information content (AvgIpc) is 1.99. The average molecular weight is 159 g/mol. The highest BCUT2D eigenvalue weighted by Crippen LogP contribution is 2.04. The summed E-state index contributed by atoms with van der Waals surface area (Å²) in [5.41, 5.74) is -0.0201. The first-order chi connectivity index (χ1) is 5.12. The van der Waals surface area contributed by atoms with E-state index >= 15 is 0 Å². The van der Waals surface area contributed by atoms with E-state index in [0.29, 0.717) is 0 Å². The molecule has 0 radical (unpaired) electrons. The molecule has 1 N–H and O–H groups in total. The molecule has 0 saturated carbocycles. The van der Waals surface area contributed by atoms with Gasteiger partial charge in [-0.2, -0.15) is 0 Å². The van der Waals surface area contributed by atoms with Gasteiger partial charge in [-0.1, -0.05) is 13.3 Å². The van der Waals surface area contributed by atoms with Crippen molar-refractivity contribution in [1.82, 2.24) is 5.32 Å². The van der Waals surface area contributed by atoms with Crippen LogP contribution in [-0.4, -0.2) is 25.8 Å². The van der Waals surface area contributed by atoms with Crippen LogP contribution in [0.3, 0.4) is 0 Å². The Hall–Kier alpha value is -0.0800. The molecule has 0 aliphatic heterocycles. The Labute approximate surface area is 70.3 Å². The van der Waals surface area contributed by atoms with E-state index in [2.05, 4.69) is 26.1 Å². The first kappa shape index (κ1) is 10.9. The van der Waals surface area contributed by atoms with Gasteiger partial charge in [0.05, 0.1) is 5.60 Å². The Morgan fingerprint density at radius 2 is 2.00 bits per heavy atom. The molecule has 2 nitrogen and oxygen atoms in total. The molecule has 2 heteroatoms. The van der Waals surface area contributed by atoms with E-state index in [1.807, 2.05) is 0 Å². The summed E-state index contributed by atoms with van der Waals surface area (Å²) >= 11 is 0. The molecule has 0 atom stereocenters. The quantitative estimate of drug-likeness (QED) is 0.597. The number of rotatable bonds is 6. The molecule has 0 amide bonds. The normalized spacial score (nSPS) is 12.0. The van der Waals surface area contributed by atoms with E-state index < -0.39 is 0 Å². The van der Waals surface area contributed by atoms with Gasteiger partial charge in [-0.05, 0) is 26.8 Å². The van der Waals surface area contributed by atoms with Crippen LogP contribution in [0.2, 0.25) is 0 Å². The molecule has 0 rings (SSSR count). The van der Waals surface area contributed by atoms with Crippen LogP contribution in [0.15, 0.2) is 0 Å². The summed E-state index contributed by atoms with van der Waals surface area (Å²) < 4.78 is 5.26. The molecular weight excluding hydrogens is 138 g/mol. The maximum absolute atomic E-state index is 5.26. The van der Waals surface area contributed by atoms with Gasteiger partial charge in [0.25, 0.3) is 0 Å². The van der Waals surface area contributed by atoms with Gasteiger partial charge in [-0.15, -0.1) is 0 Å². The van der Waals surface area contributed by atoms with Crippen molar-refractivity contribution in [2.75, 3.05) is 20.2 Å². The van der Waals surface area contributed by atoms with Crippen LogP contribution in [0.25, 0.3) is 0 Å². The SMILES string of the molecule is CCCCNCC(C)(C)OC.